The molecule has 0 saturated carbocycles. The molecule has 1 aromatic carbocycles. The van der Waals surface area contributed by atoms with Crippen molar-refractivity contribution in [3.05, 3.63) is 88.9 Å². The number of hydrogen-bond donors (Lipinski definition) is 1. The molecule has 1 saturated heterocycles. The average molecular weight is 714 g/mol. The molecule has 52 heavy (non-hydrogen) atoms. The first kappa shape index (κ1) is 40.1. The summed E-state index contributed by atoms with van der Waals surface area (Å²) in [7, 11) is 4.57. The Balaban J connectivity index is 1.69. The molecule has 1 N–H and O–H groups in total. The molecule has 1 aromatic heterocycles. The molecule has 3 heterocycles. The lowest BCUT2D eigenvalue weighted by molar-refractivity contribution is -0.130. The number of hydrogen-bond acceptors (Lipinski definition) is 9. The summed E-state index contributed by atoms with van der Waals surface area (Å²) in [6.45, 7) is 18.9. The van der Waals surface area contributed by atoms with Crippen LogP contribution >= 0.6 is 0 Å². The van der Waals surface area contributed by atoms with Crippen molar-refractivity contribution in [2.24, 2.45) is 10.1 Å². The lowest BCUT2D eigenvalue weighted by Crippen LogP contribution is -2.48. The number of ether oxygens (including phenoxy) is 2. The Morgan fingerprint density at radius 2 is 1.96 bits per heavy atom. The van der Waals surface area contributed by atoms with Gasteiger partial charge in [-0.15, -0.1) is 0 Å². The van der Waals surface area contributed by atoms with Crippen molar-refractivity contribution in [3.63, 3.8) is 0 Å². The third kappa shape index (κ3) is 9.61. The number of carbonyl (C=O) groups excluding carboxylic acids is 2. The summed E-state index contributed by atoms with van der Waals surface area (Å²) >= 11 is 0. The molecule has 278 valence electrons. The number of methoxy groups -OCH3 is 1. The number of likely N-dealkylation sites (N-methyl/N-ethyl adjacent to an activating group) is 1. The molecule has 2 atom stereocenters. The van der Waals surface area contributed by atoms with E-state index in [2.05, 4.69) is 35.4 Å². The molecule has 0 aliphatic carbocycles. The number of likely N-dealkylation sites (tertiary alicyclic amines) is 1. The Morgan fingerprint density at radius 3 is 2.56 bits per heavy atom. The van der Waals surface area contributed by atoms with E-state index in [-0.39, 0.29) is 46.6 Å². The van der Waals surface area contributed by atoms with Crippen LogP contribution in [-0.4, -0.2) is 103 Å². The average Bonchev–Trinajstić information content (AvgIpc) is 3.20. The summed E-state index contributed by atoms with van der Waals surface area (Å²) < 4.78 is 27.5. The molecule has 0 radical (unpaired) electrons. The van der Waals surface area contributed by atoms with Crippen molar-refractivity contribution in [2.45, 2.75) is 77.7 Å². The van der Waals surface area contributed by atoms with Gasteiger partial charge < -0.3 is 19.8 Å². The van der Waals surface area contributed by atoms with Gasteiger partial charge >= 0.3 is 0 Å². The van der Waals surface area contributed by atoms with Gasteiger partial charge in [-0.2, -0.15) is 5.10 Å². The third-order valence-electron chi connectivity index (χ3n) is 8.98. The largest absolute Gasteiger partial charge is 0.380 e. The fraction of sp³-hybridized carbons (Fsp3) is 0.450. The molecule has 0 spiro atoms. The first-order valence-corrected chi connectivity index (χ1v) is 17.4. The van der Waals surface area contributed by atoms with Crippen molar-refractivity contribution < 1.29 is 23.5 Å². The second-order valence-corrected chi connectivity index (χ2v) is 14.8. The number of amides is 2. The number of anilines is 1. The van der Waals surface area contributed by atoms with Gasteiger partial charge in [0.25, 0.3) is 11.8 Å². The van der Waals surface area contributed by atoms with Crippen molar-refractivity contribution in [2.75, 3.05) is 45.7 Å². The predicted octanol–water partition coefficient (Wildman–Crippen LogP) is 6.22. The summed E-state index contributed by atoms with van der Waals surface area (Å²) in [6.07, 6.45) is 12.0. The molecular formula is C40H52FN7O4. The van der Waals surface area contributed by atoms with Crippen LogP contribution in [0.4, 0.5) is 10.2 Å². The molecule has 2 aliphatic heterocycles. The monoisotopic (exact) mass is 713 g/mol. The van der Waals surface area contributed by atoms with Crippen LogP contribution in [0.25, 0.3) is 5.57 Å². The number of aromatic nitrogens is 1. The lowest BCUT2D eigenvalue weighted by atomic mass is 9.85. The Bertz CT molecular complexity index is 1800. The van der Waals surface area contributed by atoms with Crippen LogP contribution in [0.15, 0.2) is 65.4 Å². The van der Waals surface area contributed by atoms with Crippen LogP contribution in [0.3, 0.4) is 0 Å². The van der Waals surface area contributed by atoms with Crippen molar-refractivity contribution in [3.8, 4) is 0 Å². The zero-order valence-corrected chi connectivity index (χ0v) is 31.9. The fourth-order valence-electron chi connectivity index (χ4n) is 6.14. The summed E-state index contributed by atoms with van der Waals surface area (Å²) in [5.74, 6) is -1.54. The van der Waals surface area contributed by atoms with Gasteiger partial charge in [-0.1, -0.05) is 33.4 Å². The minimum absolute atomic E-state index is 0.0362. The number of allylic oxidation sites excluding steroid dienone is 3. The standard InChI is InChI=1S/C40H52FN7O4/c1-11-30(14-13-26(2)52-40(6,7)25-48-17-12-18-48)45-34-20-28(23-44-47(9)37(34)49)31-15-16-43-36(32(31)24-51-10)46(8)38(50)35-27(22-42)19-29(21-33(35)41)39(3,4)5/h11,13-16,19-23,26,34,42H,1,12,17-18,24-25H2,2-10H3/b14-13-,42-22?,45-30?. The van der Waals surface area contributed by atoms with E-state index < -0.39 is 17.8 Å². The summed E-state index contributed by atoms with van der Waals surface area (Å²) in [5, 5.41) is 13.5. The smallest absolute Gasteiger partial charge is 0.271 e. The minimum Gasteiger partial charge on any atom is -0.380 e. The van der Waals surface area contributed by atoms with Gasteiger partial charge in [0.15, 0.2) is 6.04 Å². The van der Waals surface area contributed by atoms with Gasteiger partial charge in [-0.05, 0) is 93.3 Å². The zero-order valence-electron chi connectivity index (χ0n) is 31.9. The predicted molar refractivity (Wildman–Crippen MR) is 206 cm³/mol. The van der Waals surface area contributed by atoms with Gasteiger partial charge in [-0.3, -0.25) is 19.5 Å². The van der Waals surface area contributed by atoms with Crippen LogP contribution < -0.4 is 4.90 Å². The molecule has 11 nitrogen and oxygen atoms in total. The molecule has 0 bridgehead atoms. The highest BCUT2D eigenvalue weighted by Gasteiger charge is 2.30. The SMILES string of the molecule is C=CC(/C=C\C(C)OC(C)(C)CN1CCC1)=NC1C=C(c2ccnc(N(C)C(=O)c3c(F)cc(C(C)(C)C)cc3C=N)c2COC)C=NN(C)C1=O. The topological polar surface area (TPSA) is 124 Å². The summed E-state index contributed by atoms with van der Waals surface area (Å²) in [6, 6.07) is 3.77. The van der Waals surface area contributed by atoms with Gasteiger partial charge in [0.05, 0.1) is 35.8 Å². The highest BCUT2D eigenvalue weighted by atomic mass is 19.1. The van der Waals surface area contributed by atoms with E-state index in [4.69, 9.17) is 19.9 Å². The number of nitrogens with zero attached hydrogens (tertiary/aromatic N) is 6. The third-order valence-corrected chi connectivity index (χ3v) is 8.98. The minimum atomic E-state index is -0.962. The van der Waals surface area contributed by atoms with E-state index in [1.807, 2.05) is 33.8 Å². The fourth-order valence-corrected chi connectivity index (χ4v) is 6.14. The highest BCUT2D eigenvalue weighted by Crippen LogP contribution is 2.31. The maximum Gasteiger partial charge on any atom is 0.271 e. The van der Waals surface area contributed by atoms with E-state index in [1.165, 1.54) is 42.8 Å². The number of rotatable bonds is 14. The molecule has 4 rings (SSSR count). The first-order chi connectivity index (χ1) is 24.5. The molecule has 2 unspecified atom stereocenters. The molecule has 2 aromatic rings. The van der Waals surface area contributed by atoms with Crippen molar-refractivity contribution in [1.82, 2.24) is 14.9 Å². The Kier molecular flexibility index (Phi) is 13.0. The second-order valence-electron chi connectivity index (χ2n) is 14.8. The Morgan fingerprint density at radius 1 is 1.25 bits per heavy atom. The normalized spacial score (nSPS) is 17.8. The maximum atomic E-state index is 15.6. The van der Waals surface area contributed by atoms with E-state index in [0.29, 0.717) is 28.0 Å². The van der Waals surface area contributed by atoms with Gasteiger partial charge in [-0.25, -0.2) is 14.4 Å². The Labute approximate surface area is 307 Å². The van der Waals surface area contributed by atoms with E-state index >= 15 is 4.39 Å². The second kappa shape index (κ2) is 16.8. The number of halogens is 1. The number of hydrazone groups is 1. The van der Waals surface area contributed by atoms with Crippen LogP contribution in [-0.2, 0) is 26.3 Å². The highest BCUT2D eigenvalue weighted by molar-refractivity contribution is 6.15. The molecule has 1 fully saturated rings. The quantitative estimate of drug-likeness (QED) is 0.232. The number of pyridine rings is 1. The van der Waals surface area contributed by atoms with Crippen LogP contribution in [0.2, 0.25) is 0 Å². The van der Waals surface area contributed by atoms with Crippen LogP contribution in [0.1, 0.15) is 80.6 Å². The zero-order chi connectivity index (χ0) is 38.4. The van der Waals surface area contributed by atoms with Crippen LogP contribution in [0.5, 0.6) is 0 Å². The maximum absolute atomic E-state index is 15.6. The van der Waals surface area contributed by atoms with E-state index in [9.17, 15) is 9.59 Å². The number of nitrogens with one attached hydrogen (secondary N) is 1. The van der Waals surface area contributed by atoms with E-state index in [0.717, 1.165) is 25.8 Å². The molecule has 2 aliphatic rings. The number of carbonyl (C=O) groups is 2. The summed E-state index contributed by atoms with van der Waals surface area (Å²) in [5.41, 5.74) is 2.00. The van der Waals surface area contributed by atoms with Crippen molar-refractivity contribution in [1.29, 1.82) is 5.41 Å². The van der Waals surface area contributed by atoms with Gasteiger partial charge in [0.2, 0.25) is 0 Å². The molecule has 12 heteroatoms. The molecular weight excluding hydrogens is 661 g/mol. The van der Waals surface area contributed by atoms with Crippen LogP contribution in [0, 0.1) is 11.2 Å². The number of benzene rings is 1. The Hall–Kier alpha value is -4.65. The van der Waals surface area contributed by atoms with Crippen molar-refractivity contribution >= 4 is 41.3 Å². The molecule has 2 amide bonds. The number of aliphatic imine (C=N–C) groups is 1. The summed E-state index contributed by atoms with van der Waals surface area (Å²) in [4.78, 5) is 40.2. The lowest BCUT2D eigenvalue weighted by Gasteiger charge is -2.38. The van der Waals surface area contributed by atoms with Gasteiger partial charge in [0.1, 0.15) is 11.6 Å². The van der Waals surface area contributed by atoms with E-state index in [1.54, 1.807) is 43.6 Å². The first-order valence-electron chi connectivity index (χ1n) is 17.4. The van der Waals surface area contributed by atoms with Gasteiger partial charge in [0, 0.05) is 56.9 Å².